The molecule has 0 saturated heterocycles. The van der Waals surface area contributed by atoms with Crippen LogP contribution in [0.4, 0.5) is 13.2 Å². The number of alkyl halides is 3. The second kappa shape index (κ2) is 6.07. The molecule has 0 aliphatic heterocycles. The highest BCUT2D eigenvalue weighted by Crippen LogP contribution is 2.31. The highest BCUT2D eigenvalue weighted by atomic mass is 19.4. The van der Waals surface area contributed by atoms with Gasteiger partial charge in [-0.05, 0) is 18.6 Å². The summed E-state index contributed by atoms with van der Waals surface area (Å²) >= 11 is 0. The number of aromatic nitrogens is 2. The van der Waals surface area contributed by atoms with Crippen molar-refractivity contribution >= 4 is 5.78 Å². The molecule has 7 heteroatoms. The number of benzene rings is 1. The summed E-state index contributed by atoms with van der Waals surface area (Å²) in [5, 5.41) is 3.62. The summed E-state index contributed by atoms with van der Waals surface area (Å²) < 4.78 is 42.8. The van der Waals surface area contributed by atoms with E-state index in [1.807, 2.05) is 6.92 Å². The smallest absolute Gasteiger partial charge is 0.339 e. The Morgan fingerprint density at radius 2 is 2.10 bits per heavy atom. The van der Waals surface area contributed by atoms with Crippen LogP contribution in [0.2, 0.25) is 0 Å². The zero-order chi connectivity index (χ0) is 15.5. The number of Topliss-reactive ketones (excluding diaryl/α,β-unsaturated/α-hetero) is 1. The second-order valence-electron chi connectivity index (χ2n) is 4.56. The SMILES string of the molecule is CCCC(=O)Cc1nc(-c2cccc(C(F)(F)F)c2)no1. The van der Waals surface area contributed by atoms with Crippen molar-refractivity contribution in [3.8, 4) is 11.4 Å². The van der Waals surface area contributed by atoms with Gasteiger partial charge in [0.2, 0.25) is 11.7 Å². The third kappa shape index (κ3) is 3.90. The summed E-state index contributed by atoms with van der Waals surface area (Å²) in [4.78, 5) is 15.4. The van der Waals surface area contributed by atoms with Gasteiger partial charge < -0.3 is 4.52 Å². The molecule has 0 N–H and O–H groups in total. The minimum Gasteiger partial charge on any atom is -0.339 e. The van der Waals surface area contributed by atoms with E-state index in [1.54, 1.807) is 0 Å². The third-order valence-electron chi connectivity index (χ3n) is 2.79. The maximum absolute atomic E-state index is 12.6. The molecular weight excluding hydrogens is 285 g/mol. The van der Waals surface area contributed by atoms with Gasteiger partial charge in [0.25, 0.3) is 0 Å². The standard InChI is InChI=1S/C14H13F3N2O2/c1-2-4-11(20)8-12-18-13(19-21-12)9-5-3-6-10(7-9)14(15,16)17/h3,5-7H,2,4,8H2,1H3. The van der Waals surface area contributed by atoms with Gasteiger partial charge in [-0.3, -0.25) is 4.79 Å². The van der Waals surface area contributed by atoms with E-state index in [-0.39, 0.29) is 29.5 Å². The second-order valence-corrected chi connectivity index (χ2v) is 4.56. The highest BCUT2D eigenvalue weighted by molar-refractivity contribution is 5.79. The average molecular weight is 298 g/mol. The number of carbonyl (C=O) groups excluding carboxylic acids is 1. The Kier molecular flexibility index (Phi) is 4.40. The minimum absolute atomic E-state index is 0.000197. The Balaban J connectivity index is 2.20. The molecule has 0 bridgehead atoms. The highest BCUT2D eigenvalue weighted by Gasteiger charge is 2.30. The molecule has 2 rings (SSSR count). The number of carbonyl (C=O) groups is 1. The van der Waals surface area contributed by atoms with Crippen LogP contribution < -0.4 is 0 Å². The summed E-state index contributed by atoms with van der Waals surface area (Å²) in [7, 11) is 0. The first kappa shape index (κ1) is 15.2. The molecule has 4 nitrogen and oxygen atoms in total. The van der Waals surface area contributed by atoms with E-state index in [2.05, 4.69) is 10.1 Å². The predicted molar refractivity (Wildman–Crippen MR) is 68.4 cm³/mol. The fourth-order valence-corrected chi connectivity index (χ4v) is 1.81. The van der Waals surface area contributed by atoms with Gasteiger partial charge in [0.15, 0.2) is 0 Å². The maximum atomic E-state index is 12.6. The molecule has 0 spiro atoms. The lowest BCUT2D eigenvalue weighted by Crippen LogP contribution is -2.04. The van der Waals surface area contributed by atoms with E-state index in [0.29, 0.717) is 12.8 Å². The molecule has 0 radical (unpaired) electrons. The summed E-state index contributed by atoms with van der Waals surface area (Å²) in [5.74, 6) is 0.109. The lowest BCUT2D eigenvalue weighted by Gasteiger charge is -2.06. The van der Waals surface area contributed by atoms with Crippen LogP contribution in [0.3, 0.4) is 0 Å². The van der Waals surface area contributed by atoms with Crippen molar-refractivity contribution in [3.63, 3.8) is 0 Å². The van der Waals surface area contributed by atoms with Gasteiger partial charge in [0.1, 0.15) is 5.78 Å². The van der Waals surface area contributed by atoms with Crippen LogP contribution in [0.25, 0.3) is 11.4 Å². The summed E-state index contributed by atoms with van der Waals surface area (Å²) in [6.45, 7) is 1.87. The van der Waals surface area contributed by atoms with Gasteiger partial charge in [-0.2, -0.15) is 18.2 Å². The number of hydrogen-bond donors (Lipinski definition) is 0. The lowest BCUT2D eigenvalue weighted by molar-refractivity contribution is -0.137. The van der Waals surface area contributed by atoms with Gasteiger partial charge in [-0.25, -0.2) is 0 Å². The van der Waals surface area contributed by atoms with Crippen molar-refractivity contribution in [2.24, 2.45) is 0 Å². The van der Waals surface area contributed by atoms with Crippen molar-refractivity contribution in [1.82, 2.24) is 10.1 Å². The largest absolute Gasteiger partial charge is 0.416 e. The van der Waals surface area contributed by atoms with Gasteiger partial charge in [-0.1, -0.05) is 24.2 Å². The molecule has 112 valence electrons. The number of ketones is 1. The lowest BCUT2D eigenvalue weighted by atomic mass is 10.1. The summed E-state index contributed by atoms with van der Waals surface area (Å²) in [6.07, 6.45) is -3.31. The molecule has 1 aromatic carbocycles. The molecular formula is C14H13F3N2O2. The third-order valence-corrected chi connectivity index (χ3v) is 2.79. The van der Waals surface area contributed by atoms with E-state index in [0.717, 1.165) is 12.1 Å². The van der Waals surface area contributed by atoms with E-state index in [4.69, 9.17) is 4.52 Å². The van der Waals surface area contributed by atoms with E-state index in [9.17, 15) is 18.0 Å². The molecule has 1 heterocycles. The number of nitrogens with zero attached hydrogens (tertiary/aromatic N) is 2. The number of rotatable bonds is 5. The maximum Gasteiger partial charge on any atom is 0.416 e. The first-order valence-corrected chi connectivity index (χ1v) is 6.42. The Labute approximate surface area is 119 Å². The zero-order valence-electron chi connectivity index (χ0n) is 11.3. The normalized spacial score (nSPS) is 11.6. The fraction of sp³-hybridized carbons (Fsp3) is 0.357. The summed E-state index contributed by atoms with van der Waals surface area (Å²) in [5.41, 5.74) is -0.587. The average Bonchev–Trinajstić information content (AvgIpc) is 2.86. The van der Waals surface area contributed by atoms with Crippen molar-refractivity contribution in [3.05, 3.63) is 35.7 Å². The van der Waals surface area contributed by atoms with Gasteiger partial charge in [-0.15, -0.1) is 0 Å². The van der Waals surface area contributed by atoms with Crippen LogP contribution in [-0.2, 0) is 17.4 Å². The van der Waals surface area contributed by atoms with Gasteiger partial charge in [0, 0.05) is 12.0 Å². The molecule has 0 amide bonds. The van der Waals surface area contributed by atoms with E-state index >= 15 is 0 Å². The van der Waals surface area contributed by atoms with Gasteiger partial charge in [0.05, 0.1) is 12.0 Å². The van der Waals surface area contributed by atoms with Crippen LogP contribution in [0, 0.1) is 0 Å². The first-order chi connectivity index (χ1) is 9.90. The Morgan fingerprint density at radius 1 is 1.33 bits per heavy atom. The predicted octanol–water partition coefficient (Wildman–Crippen LogP) is 3.67. The van der Waals surface area contributed by atoms with E-state index in [1.165, 1.54) is 12.1 Å². The topological polar surface area (TPSA) is 56.0 Å². The molecule has 21 heavy (non-hydrogen) atoms. The van der Waals surface area contributed by atoms with Crippen molar-refractivity contribution in [1.29, 1.82) is 0 Å². The minimum atomic E-state index is -4.43. The molecule has 0 aliphatic carbocycles. The molecule has 0 saturated carbocycles. The Bertz CT molecular complexity index is 635. The van der Waals surface area contributed by atoms with Crippen LogP contribution in [0.5, 0.6) is 0 Å². The Morgan fingerprint density at radius 3 is 2.76 bits per heavy atom. The molecule has 1 aromatic heterocycles. The van der Waals surface area contributed by atoms with Crippen LogP contribution in [-0.4, -0.2) is 15.9 Å². The zero-order valence-corrected chi connectivity index (χ0v) is 11.3. The molecule has 0 atom stereocenters. The van der Waals surface area contributed by atoms with E-state index < -0.39 is 11.7 Å². The molecule has 0 fully saturated rings. The first-order valence-electron chi connectivity index (χ1n) is 6.42. The molecule has 0 aliphatic rings. The fourth-order valence-electron chi connectivity index (χ4n) is 1.81. The van der Waals surface area contributed by atoms with Crippen molar-refractivity contribution in [2.45, 2.75) is 32.4 Å². The number of hydrogen-bond acceptors (Lipinski definition) is 4. The van der Waals surface area contributed by atoms with Crippen LogP contribution in [0.15, 0.2) is 28.8 Å². The van der Waals surface area contributed by atoms with Crippen molar-refractivity contribution < 1.29 is 22.5 Å². The van der Waals surface area contributed by atoms with Crippen LogP contribution in [0.1, 0.15) is 31.2 Å². The number of halogens is 3. The van der Waals surface area contributed by atoms with Crippen LogP contribution >= 0.6 is 0 Å². The van der Waals surface area contributed by atoms with Crippen molar-refractivity contribution in [2.75, 3.05) is 0 Å². The summed E-state index contributed by atoms with van der Waals surface area (Å²) in [6, 6.07) is 4.64. The quantitative estimate of drug-likeness (QED) is 0.845. The van der Waals surface area contributed by atoms with Gasteiger partial charge >= 0.3 is 6.18 Å². The molecule has 2 aromatic rings. The monoisotopic (exact) mass is 298 g/mol. The Hall–Kier alpha value is -2.18. The molecule has 0 unspecified atom stereocenters.